The van der Waals surface area contributed by atoms with Gasteiger partial charge in [-0.3, -0.25) is 0 Å². The maximum Gasteiger partial charge on any atom is 0.00980 e. The van der Waals surface area contributed by atoms with Gasteiger partial charge in [-0.2, -0.15) is 0 Å². The van der Waals surface area contributed by atoms with Crippen LogP contribution in [0.3, 0.4) is 0 Å². The molecule has 2 fully saturated rings. The topological polar surface area (TPSA) is 12.0 Å². The Morgan fingerprint density at radius 3 is 2.64 bits per heavy atom. The van der Waals surface area contributed by atoms with Crippen LogP contribution in [0.25, 0.3) is 0 Å². The molecule has 0 aliphatic heterocycles. The molecule has 3 atom stereocenters. The van der Waals surface area contributed by atoms with Gasteiger partial charge in [0, 0.05) is 6.04 Å². The lowest BCUT2D eigenvalue weighted by Crippen LogP contribution is -2.34. The molecule has 2 bridgehead atoms. The van der Waals surface area contributed by atoms with E-state index in [0.29, 0.717) is 0 Å². The van der Waals surface area contributed by atoms with Gasteiger partial charge in [0.05, 0.1) is 0 Å². The summed E-state index contributed by atoms with van der Waals surface area (Å²) in [6, 6.07) is 0.898. The molecular weight excluding hydrogens is 170 g/mol. The first-order valence-corrected chi connectivity index (χ1v) is 6.63. The van der Waals surface area contributed by atoms with Crippen LogP contribution in [0.2, 0.25) is 0 Å². The van der Waals surface area contributed by atoms with Crippen molar-refractivity contribution in [2.24, 2.45) is 11.8 Å². The van der Waals surface area contributed by atoms with Gasteiger partial charge in [-0.1, -0.05) is 32.6 Å². The molecule has 14 heavy (non-hydrogen) atoms. The lowest BCUT2D eigenvalue weighted by atomic mass is 9.95. The molecule has 1 heteroatoms. The van der Waals surface area contributed by atoms with E-state index < -0.39 is 0 Å². The van der Waals surface area contributed by atoms with Crippen LogP contribution < -0.4 is 5.32 Å². The van der Waals surface area contributed by atoms with Crippen molar-refractivity contribution < 1.29 is 0 Å². The molecule has 1 nitrogen and oxygen atoms in total. The minimum Gasteiger partial charge on any atom is -0.314 e. The highest BCUT2D eigenvalue weighted by molar-refractivity contribution is 4.93. The van der Waals surface area contributed by atoms with Crippen molar-refractivity contribution in [2.75, 3.05) is 6.54 Å². The Morgan fingerprint density at radius 2 is 2.00 bits per heavy atom. The van der Waals surface area contributed by atoms with E-state index in [4.69, 9.17) is 0 Å². The Morgan fingerprint density at radius 1 is 1.07 bits per heavy atom. The van der Waals surface area contributed by atoms with E-state index in [9.17, 15) is 0 Å². The van der Waals surface area contributed by atoms with E-state index in [1.807, 2.05) is 0 Å². The van der Waals surface area contributed by atoms with E-state index in [1.54, 1.807) is 0 Å². The normalized spacial score (nSPS) is 35.4. The number of hydrogen-bond donors (Lipinski definition) is 1. The van der Waals surface area contributed by atoms with Crippen molar-refractivity contribution in [3.63, 3.8) is 0 Å². The molecule has 0 spiro atoms. The third-order valence-electron chi connectivity index (χ3n) is 4.17. The molecule has 1 N–H and O–H groups in total. The van der Waals surface area contributed by atoms with Crippen molar-refractivity contribution in [2.45, 2.75) is 64.3 Å². The Balaban J connectivity index is 1.54. The van der Waals surface area contributed by atoms with Crippen LogP contribution in [0.4, 0.5) is 0 Å². The summed E-state index contributed by atoms with van der Waals surface area (Å²) in [6.45, 7) is 3.55. The van der Waals surface area contributed by atoms with Gasteiger partial charge in [0.25, 0.3) is 0 Å². The molecule has 0 saturated heterocycles. The van der Waals surface area contributed by atoms with Gasteiger partial charge in [-0.25, -0.2) is 0 Å². The molecule has 0 heterocycles. The molecule has 2 rings (SSSR count). The van der Waals surface area contributed by atoms with Gasteiger partial charge in [0.15, 0.2) is 0 Å². The van der Waals surface area contributed by atoms with Crippen LogP contribution in [-0.4, -0.2) is 12.6 Å². The van der Waals surface area contributed by atoms with E-state index >= 15 is 0 Å². The summed E-state index contributed by atoms with van der Waals surface area (Å²) in [5, 5.41) is 3.77. The summed E-state index contributed by atoms with van der Waals surface area (Å²) in [5.74, 6) is 2.14. The lowest BCUT2D eigenvalue weighted by molar-refractivity contribution is 0.349. The highest BCUT2D eigenvalue weighted by Gasteiger charge is 2.38. The fourth-order valence-electron chi connectivity index (χ4n) is 3.33. The molecule has 2 aliphatic carbocycles. The summed E-state index contributed by atoms with van der Waals surface area (Å²) >= 11 is 0. The van der Waals surface area contributed by atoms with Crippen molar-refractivity contribution in [1.82, 2.24) is 5.32 Å². The average Bonchev–Trinajstić information content (AvgIpc) is 2.79. The second-order valence-corrected chi connectivity index (χ2v) is 5.30. The van der Waals surface area contributed by atoms with Gasteiger partial charge in [-0.15, -0.1) is 0 Å². The quantitative estimate of drug-likeness (QED) is 0.641. The zero-order valence-corrected chi connectivity index (χ0v) is 9.60. The average molecular weight is 195 g/mol. The van der Waals surface area contributed by atoms with Gasteiger partial charge in [0.2, 0.25) is 0 Å². The van der Waals surface area contributed by atoms with E-state index in [1.165, 1.54) is 57.9 Å². The van der Waals surface area contributed by atoms with Gasteiger partial charge >= 0.3 is 0 Å². The standard InChI is InChI=1S/C13H25N/c1-2-3-4-5-8-14-13-10-11-6-7-12(13)9-11/h11-14H,2-10H2,1H3/t11-,12-,13-/m0/s1. The van der Waals surface area contributed by atoms with E-state index in [0.717, 1.165) is 17.9 Å². The van der Waals surface area contributed by atoms with E-state index in [2.05, 4.69) is 12.2 Å². The molecule has 0 aromatic rings. The zero-order valence-electron chi connectivity index (χ0n) is 9.60. The number of unbranched alkanes of at least 4 members (excludes halogenated alkanes) is 3. The molecule has 0 radical (unpaired) electrons. The maximum absolute atomic E-state index is 3.77. The van der Waals surface area contributed by atoms with Gasteiger partial charge < -0.3 is 5.32 Å². The lowest BCUT2D eigenvalue weighted by Gasteiger charge is -2.22. The third-order valence-corrected chi connectivity index (χ3v) is 4.17. The predicted octanol–water partition coefficient (Wildman–Crippen LogP) is 3.34. The second kappa shape index (κ2) is 5.16. The summed E-state index contributed by atoms with van der Waals surface area (Å²) in [5.41, 5.74) is 0. The van der Waals surface area contributed by atoms with Crippen molar-refractivity contribution >= 4 is 0 Å². The highest BCUT2D eigenvalue weighted by Crippen LogP contribution is 2.44. The number of fused-ring (bicyclic) bond motifs is 2. The Labute approximate surface area is 88.7 Å². The zero-order chi connectivity index (χ0) is 9.80. The van der Waals surface area contributed by atoms with Crippen LogP contribution in [0.1, 0.15) is 58.3 Å². The summed E-state index contributed by atoms with van der Waals surface area (Å²) < 4.78 is 0. The minimum atomic E-state index is 0.898. The van der Waals surface area contributed by atoms with Gasteiger partial charge in [-0.05, 0) is 44.1 Å². The molecule has 0 aromatic heterocycles. The first-order chi connectivity index (χ1) is 6.90. The monoisotopic (exact) mass is 195 g/mol. The molecule has 82 valence electrons. The Kier molecular flexibility index (Phi) is 3.86. The fourth-order valence-corrected chi connectivity index (χ4v) is 3.33. The summed E-state index contributed by atoms with van der Waals surface area (Å²) in [6.07, 6.45) is 11.6. The third kappa shape index (κ3) is 2.50. The Bertz CT molecular complexity index is 167. The fraction of sp³-hybridized carbons (Fsp3) is 1.00. The van der Waals surface area contributed by atoms with Crippen molar-refractivity contribution in [3.05, 3.63) is 0 Å². The first kappa shape index (κ1) is 10.5. The molecule has 2 aliphatic rings. The second-order valence-electron chi connectivity index (χ2n) is 5.30. The van der Waals surface area contributed by atoms with Crippen molar-refractivity contribution in [1.29, 1.82) is 0 Å². The van der Waals surface area contributed by atoms with Gasteiger partial charge in [0.1, 0.15) is 0 Å². The minimum absolute atomic E-state index is 0.898. The molecule has 0 aromatic carbocycles. The summed E-state index contributed by atoms with van der Waals surface area (Å²) in [4.78, 5) is 0. The van der Waals surface area contributed by atoms with Crippen LogP contribution in [-0.2, 0) is 0 Å². The Hall–Kier alpha value is -0.0400. The van der Waals surface area contributed by atoms with Crippen LogP contribution in [0.15, 0.2) is 0 Å². The SMILES string of the molecule is CCCCCCN[C@H]1C[C@H]2CC[C@H]1C2. The van der Waals surface area contributed by atoms with Crippen LogP contribution in [0, 0.1) is 11.8 Å². The highest BCUT2D eigenvalue weighted by atomic mass is 14.9. The molecule has 0 unspecified atom stereocenters. The largest absolute Gasteiger partial charge is 0.314 e. The number of hydrogen-bond acceptors (Lipinski definition) is 1. The van der Waals surface area contributed by atoms with Crippen LogP contribution in [0.5, 0.6) is 0 Å². The smallest absolute Gasteiger partial charge is 0.00980 e. The molecular formula is C13H25N. The predicted molar refractivity (Wildman–Crippen MR) is 61.4 cm³/mol. The maximum atomic E-state index is 3.77. The van der Waals surface area contributed by atoms with Crippen LogP contribution >= 0.6 is 0 Å². The van der Waals surface area contributed by atoms with E-state index in [-0.39, 0.29) is 0 Å². The number of rotatable bonds is 6. The first-order valence-electron chi connectivity index (χ1n) is 6.63. The molecule has 0 amide bonds. The molecule has 2 saturated carbocycles. The van der Waals surface area contributed by atoms with Crippen molar-refractivity contribution in [3.8, 4) is 0 Å². The summed E-state index contributed by atoms with van der Waals surface area (Å²) in [7, 11) is 0. The number of nitrogens with one attached hydrogen (secondary N) is 1.